The Balaban J connectivity index is 1.52. The summed E-state index contributed by atoms with van der Waals surface area (Å²) in [6.45, 7) is 2.68. The van der Waals surface area contributed by atoms with Gasteiger partial charge in [0, 0.05) is 23.0 Å². The maximum absolute atomic E-state index is 13.0. The van der Waals surface area contributed by atoms with Gasteiger partial charge in [-0.2, -0.15) is 10.2 Å². The Morgan fingerprint density at radius 2 is 1.72 bits per heavy atom. The summed E-state index contributed by atoms with van der Waals surface area (Å²) in [5.41, 5.74) is 5.44. The summed E-state index contributed by atoms with van der Waals surface area (Å²) in [7, 11) is 0. The summed E-state index contributed by atoms with van der Waals surface area (Å²) >= 11 is 0. The molecule has 8 nitrogen and oxygen atoms in total. The van der Waals surface area contributed by atoms with E-state index in [2.05, 4.69) is 15.8 Å². The molecule has 3 aromatic carbocycles. The second kappa shape index (κ2) is 11.6. The Morgan fingerprint density at radius 1 is 1.00 bits per heavy atom. The lowest BCUT2D eigenvalue weighted by molar-refractivity contribution is -0.136. The van der Waals surface area contributed by atoms with E-state index in [0.29, 0.717) is 23.6 Å². The highest BCUT2D eigenvalue weighted by atomic mass is 19.1. The van der Waals surface area contributed by atoms with Crippen molar-refractivity contribution in [2.45, 2.75) is 13.3 Å². The maximum atomic E-state index is 13.0. The van der Waals surface area contributed by atoms with Gasteiger partial charge in [-0.3, -0.25) is 9.59 Å². The minimum atomic E-state index is -0.968. The zero-order chi connectivity index (χ0) is 25.3. The SMILES string of the molecule is CCCOc1ccc(-c2nn(-c3ccccc3)cc2/C=N/NC(=O)C(=O)Nc2ccc(F)cc2)cc1. The van der Waals surface area contributed by atoms with Gasteiger partial charge in [-0.05, 0) is 67.1 Å². The molecule has 2 amide bonds. The second-order valence-corrected chi connectivity index (χ2v) is 7.75. The van der Waals surface area contributed by atoms with Crippen LogP contribution in [0.5, 0.6) is 5.75 Å². The predicted molar refractivity (Wildman–Crippen MR) is 136 cm³/mol. The number of hydrazone groups is 1. The number of benzene rings is 3. The predicted octanol–water partition coefficient (Wildman–Crippen LogP) is 4.56. The summed E-state index contributed by atoms with van der Waals surface area (Å²) in [6.07, 6.45) is 4.12. The van der Waals surface area contributed by atoms with Gasteiger partial charge in [0.2, 0.25) is 0 Å². The fraction of sp³-hybridized carbons (Fsp3) is 0.111. The first-order valence-electron chi connectivity index (χ1n) is 11.3. The van der Waals surface area contributed by atoms with Gasteiger partial charge in [0.25, 0.3) is 0 Å². The smallest absolute Gasteiger partial charge is 0.329 e. The van der Waals surface area contributed by atoms with Crippen molar-refractivity contribution < 1.29 is 18.7 Å². The van der Waals surface area contributed by atoms with Crippen molar-refractivity contribution >= 4 is 23.7 Å². The minimum absolute atomic E-state index is 0.290. The normalized spacial score (nSPS) is 10.8. The van der Waals surface area contributed by atoms with Gasteiger partial charge in [-0.25, -0.2) is 14.5 Å². The average Bonchev–Trinajstić information content (AvgIpc) is 3.33. The van der Waals surface area contributed by atoms with Gasteiger partial charge in [-0.1, -0.05) is 25.1 Å². The van der Waals surface area contributed by atoms with Crippen LogP contribution in [0.1, 0.15) is 18.9 Å². The highest BCUT2D eigenvalue weighted by Crippen LogP contribution is 2.25. The molecule has 0 unspecified atom stereocenters. The number of carbonyl (C=O) groups is 2. The molecule has 1 aromatic heterocycles. The Morgan fingerprint density at radius 3 is 2.42 bits per heavy atom. The Labute approximate surface area is 207 Å². The molecule has 0 atom stereocenters. The molecule has 0 bridgehead atoms. The number of nitrogens with zero attached hydrogens (tertiary/aromatic N) is 3. The lowest BCUT2D eigenvalue weighted by atomic mass is 10.1. The molecule has 0 aliphatic heterocycles. The van der Waals surface area contributed by atoms with Crippen LogP contribution >= 0.6 is 0 Å². The van der Waals surface area contributed by atoms with Crippen LogP contribution in [-0.2, 0) is 9.59 Å². The summed E-state index contributed by atoms with van der Waals surface area (Å²) < 4.78 is 20.4. The van der Waals surface area contributed by atoms with E-state index in [-0.39, 0.29) is 0 Å². The van der Waals surface area contributed by atoms with Crippen molar-refractivity contribution in [1.82, 2.24) is 15.2 Å². The van der Waals surface area contributed by atoms with Gasteiger partial charge in [0.15, 0.2) is 0 Å². The molecule has 0 radical (unpaired) electrons. The molecule has 2 N–H and O–H groups in total. The van der Waals surface area contributed by atoms with Crippen LogP contribution in [-0.4, -0.2) is 34.4 Å². The molecule has 9 heteroatoms. The number of halogens is 1. The zero-order valence-corrected chi connectivity index (χ0v) is 19.5. The standard InChI is InChI=1S/C27H24FN5O3/c1-2-16-36-24-14-8-19(9-15-24)25-20(18-33(32-25)23-6-4-3-5-7-23)17-29-31-27(35)26(34)30-22-12-10-21(28)11-13-22/h3-15,17-18H,2,16H2,1H3,(H,30,34)(H,31,35)/b29-17+. The number of rotatable bonds is 8. The Bertz CT molecular complexity index is 1350. The second-order valence-electron chi connectivity index (χ2n) is 7.75. The van der Waals surface area contributed by atoms with Gasteiger partial charge < -0.3 is 10.1 Å². The summed E-state index contributed by atoms with van der Waals surface area (Å²) in [6, 6.07) is 22.2. The first kappa shape index (κ1) is 24.3. The van der Waals surface area contributed by atoms with Crippen LogP contribution in [0.15, 0.2) is 90.2 Å². The van der Waals surface area contributed by atoms with E-state index in [0.717, 1.165) is 23.4 Å². The van der Waals surface area contributed by atoms with E-state index in [9.17, 15) is 14.0 Å². The first-order valence-corrected chi connectivity index (χ1v) is 11.3. The molecular formula is C27H24FN5O3. The Hall–Kier alpha value is -4.79. The average molecular weight is 486 g/mol. The van der Waals surface area contributed by atoms with E-state index < -0.39 is 17.6 Å². The summed E-state index contributed by atoms with van der Waals surface area (Å²) in [4.78, 5) is 24.3. The molecule has 4 rings (SSSR count). The fourth-order valence-electron chi connectivity index (χ4n) is 3.28. The Kier molecular flexibility index (Phi) is 7.82. The van der Waals surface area contributed by atoms with Crippen LogP contribution < -0.4 is 15.5 Å². The number of para-hydroxylation sites is 1. The van der Waals surface area contributed by atoms with Crippen molar-refractivity contribution in [1.29, 1.82) is 0 Å². The molecule has 4 aromatic rings. The number of amides is 2. The van der Waals surface area contributed by atoms with E-state index in [1.54, 1.807) is 10.9 Å². The number of carbonyl (C=O) groups excluding carboxylic acids is 2. The highest BCUT2D eigenvalue weighted by molar-refractivity contribution is 6.39. The number of aromatic nitrogens is 2. The molecule has 0 spiro atoms. The van der Waals surface area contributed by atoms with Gasteiger partial charge >= 0.3 is 11.8 Å². The lowest BCUT2D eigenvalue weighted by Crippen LogP contribution is -2.32. The third-order valence-corrected chi connectivity index (χ3v) is 5.04. The van der Waals surface area contributed by atoms with E-state index in [1.807, 2.05) is 61.5 Å². The van der Waals surface area contributed by atoms with E-state index in [1.165, 1.54) is 30.5 Å². The third-order valence-electron chi connectivity index (χ3n) is 5.04. The number of nitrogens with one attached hydrogen (secondary N) is 2. The third kappa shape index (κ3) is 6.20. The van der Waals surface area contributed by atoms with Gasteiger partial charge in [0.1, 0.15) is 17.3 Å². The molecule has 0 aliphatic rings. The van der Waals surface area contributed by atoms with Crippen molar-refractivity contribution in [3.8, 4) is 22.7 Å². The minimum Gasteiger partial charge on any atom is -0.494 e. The van der Waals surface area contributed by atoms with Crippen LogP contribution in [0.4, 0.5) is 10.1 Å². The fourth-order valence-corrected chi connectivity index (χ4v) is 3.28. The molecule has 182 valence electrons. The monoisotopic (exact) mass is 485 g/mol. The molecular weight excluding hydrogens is 461 g/mol. The van der Waals surface area contributed by atoms with Crippen molar-refractivity contribution in [3.05, 3.63) is 96.4 Å². The van der Waals surface area contributed by atoms with Crippen molar-refractivity contribution in [2.75, 3.05) is 11.9 Å². The summed E-state index contributed by atoms with van der Waals surface area (Å²) in [5, 5.41) is 11.0. The summed E-state index contributed by atoms with van der Waals surface area (Å²) in [5.74, 6) is -1.58. The molecule has 0 aliphatic carbocycles. The number of ether oxygens (including phenoxy) is 1. The molecule has 0 saturated heterocycles. The van der Waals surface area contributed by atoms with E-state index in [4.69, 9.17) is 9.84 Å². The van der Waals surface area contributed by atoms with Crippen LogP contribution in [0.2, 0.25) is 0 Å². The van der Waals surface area contributed by atoms with Crippen LogP contribution in [0.3, 0.4) is 0 Å². The van der Waals surface area contributed by atoms with Crippen LogP contribution in [0.25, 0.3) is 16.9 Å². The molecule has 1 heterocycles. The molecule has 0 saturated carbocycles. The number of anilines is 1. The largest absolute Gasteiger partial charge is 0.494 e. The topological polar surface area (TPSA) is 97.6 Å². The van der Waals surface area contributed by atoms with Gasteiger partial charge in [-0.15, -0.1) is 0 Å². The van der Waals surface area contributed by atoms with E-state index >= 15 is 0 Å². The lowest BCUT2D eigenvalue weighted by Gasteiger charge is -2.05. The van der Waals surface area contributed by atoms with Crippen LogP contribution in [0, 0.1) is 5.82 Å². The zero-order valence-electron chi connectivity index (χ0n) is 19.5. The van der Waals surface area contributed by atoms with Gasteiger partial charge in [0.05, 0.1) is 18.5 Å². The first-order chi connectivity index (χ1) is 17.5. The number of hydrogen-bond donors (Lipinski definition) is 2. The quantitative estimate of drug-likeness (QED) is 0.217. The van der Waals surface area contributed by atoms with Crippen molar-refractivity contribution in [2.24, 2.45) is 5.10 Å². The molecule has 36 heavy (non-hydrogen) atoms. The van der Waals surface area contributed by atoms with Crippen molar-refractivity contribution in [3.63, 3.8) is 0 Å². The molecule has 0 fully saturated rings. The highest BCUT2D eigenvalue weighted by Gasteiger charge is 2.14. The number of hydrogen-bond acceptors (Lipinski definition) is 5. The maximum Gasteiger partial charge on any atom is 0.329 e.